The summed E-state index contributed by atoms with van der Waals surface area (Å²) in [6.45, 7) is 0. The Labute approximate surface area is 347 Å². The van der Waals surface area contributed by atoms with Gasteiger partial charge in [-0.25, -0.2) is 15.0 Å². The second-order valence-electron chi connectivity index (χ2n) is 14.9. The first kappa shape index (κ1) is 35.0. The van der Waals surface area contributed by atoms with E-state index in [-0.39, 0.29) is 0 Å². The standard InChI is InChI=1S/C55H36N4O/c1-5-17-37(18-6-1)43-32-44(38-19-7-2-8-20-38)34-46(33-43)59(45-25-11-4-12-26-45)47-35-49(52-48-27-15-16-28-50(48)60-51(52)36-47)55-57-53(40-22-9-3-10-23-40)56-54(58-55)42-30-29-39-21-13-14-24-41(39)31-42/h1-36H. The molecule has 9 aromatic carbocycles. The van der Waals surface area contributed by atoms with Gasteiger partial charge in [0.2, 0.25) is 0 Å². The lowest BCUT2D eigenvalue weighted by atomic mass is 9.97. The summed E-state index contributed by atoms with van der Waals surface area (Å²) in [6.07, 6.45) is 0. The number of anilines is 3. The predicted octanol–water partition coefficient (Wildman–Crippen LogP) is 14.7. The van der Waals surface area contributed by atoms with Crippen LogP contribution in [0.15, 0.2) is 223 Å². The Kier molecular flexibility index (Phi) is 8.75. The van der Waals surface area contributed by atoms with Crippen LogP contribution in [0.2, 0.25) is 0 Å². The van der Waals surface area contributed by atoms with E-state index in [1.165, 1.54) is 0 Å². The maximum absolute atomic E-state index is 6.74. The van der Waals surface area contributed by atoms with Gasteiger partial charge in [0.05, 0.1) is 5.69 Å². The molecule has 0 aliphatic rings. The Bertz CT molecular complexity index is 3250. The van der Waals surface area contributed by atoms with Crippen LogP contribution in [0.1, 0.15) is 0 Å². The Hall–Kier alpha value is -8.15. The highest BCUT2D eigenvalue weighted by Gasteiger charge is 2.23. The fraction of sp³-hybridized carbons (Fsp3) is 0. The predicted molar refractivity (Wildman–Crippen MR) is 246 cm³/mol. The number of hydrogen-bond donors (Lipinski definition) is 0. The molecule has 0 bridgehead atoms. The summed E-state index contributed by atoms with van der Waals surface area (Å²) in [5.74, 6) is 1.75. The van der Waals surface area contributed by atoms with Crippen LogP contribution in [0.3, 0.4) is 0 Å². The summed E-state index contributed by atoms with van der Waals surface area (Å²) in [7, 11) is 0. The van der Waals surface area contributed by atoms with E-state index in [0.717, 1.165) is 88.7 Å². The van der Waals surface area contributed by atoms with Crippen LogP contribution in [-0.2, 0) is 0 Å². The number of furan rings is 1. The van der Waals surface area contributed by atoms with Crippen molar-refractivity contribution in [2.45, 2.75) is 0 Å². The molecular formula is C55H36N4O. The van der Waals surface area contributed by atoms with E-state index < -0.39 is 0 Å². The van der Waals surface area contributed by atoms with E-state index >= 15 is 0 Å². The lowest BCUT2D eigenvalue weighted by Gasteiger charge is -2.27. The monoisotopic (exact) mass is 768 g/mol. The number of benzene rings is 9. The largest absolute Gasteiger partial charge is 0.456 e. The van der Waals surface area contributed by atoms with Crippen LogP contribution in [0.4, 0.5) is 17.1 Å². The number of aromatic nitrogens is 3. The Morgan fingerprint density at radius 1 is 0.317 bits per heavy atom. The van der Waals surface area contributed by atoms with Crippen molar-refractivity contribution in [1.82, 2.24) is 15.0 Å². The summed E-state index contributed by atoms with van der Waals surface area (Å²) in [5, 5.41) is 4.21. The van der Waals surface area contributed by atoms with Crippen molar-refractivity contribution in [2.75, 3.05) is 4.90 Å². The van der Waals surface area contributed by atoms with E-state index in [9.17, 15) is 0 Å². The summed E-state index contributed by atoms with van der Waals surface area (Å²) in [5.41, 5.74) is 11.6. The smallest absolute Gasteiger partial charge is 0.164 e. The molecule has 282 valence electrons. The first-order chi connectivity index (χ1) is 29.7. The average molecular weight is 769 g/mol. The maximum Gasteiger partial charge on any atom is 0.164 e. The Morgan fingerprint density at radius 2 is 0.850 bits per heavy atom. The highest BCUT2D eigenvalue weighted by molar-refractivity contribution is 6.13. The molecule has 0 unspecified atom stereocenters. The second kappa shape index (κ2) is 15.0. The van der Waals surface area contributed by atoms with Crippen LogP contribution in [0, 0.1) is 0 Å². The fourth-order valence-corrected chi connectivity index (χ4v) is 8.17. The van der Waals surface area contributed by atoms with Gasteiger partial charge in [0, 0.05) is 44.9 Å². The average Bonchev–Trinajstić information content (AvgIpc) is 3.71. The highest BCUT2D eigenvalue weighted by Crippen LogP contribution is 2.45. The van der Waals surface area contributed by atoms with Crippen LogP contribution in [0.5, 0.6) is 0 Å². The van der Waals surface area contributed by atoms with Gasteiger partial charge in [0.1, 0.15) is 11.2 Å². The molecule has 0 fully saturated rings. The van der Waals surface area contributed by atoms with E-state index in [4.69, 9.17) is 19.4 Å². The number of fused-ring (bicyclic) bond motifs is 4. The van der Waals surface area contributed by atoms with E-state index in [2.05, 4.69) is 181 Å². The van der Waals surface area contributed by atoms with Crippen LogP contribution < -0.4 is 4.90 Å². The lowest BCUT2D eigenvalue weighted by Crippen LogP contribution is -2.11. The summed E-state index contributed by atoms with van der Waals surface area (Å²) >= 11 is 0. The summed E-state index contributed by atoms with van der Waals surface area (Å²) in [4.78, 5) is 18.0. The Balaban J connectivity index is 1.19. The molecular weight excluding hydrogens is 733 g/mol. The number of rotatable bonds is 8. The van der Waals surface area contributed by atoms with E-state index in [1.807, 2.05) is 42.5 Å². The third-order valence-electron chi connectivity index (χ3n) is 11.0. The van der Waals surface area contributed by atoms with Crippen LogP contribution >= 0.6 is 0 Å². The zero-order valence-electron chi connectivity index (χ0n) is 32.5. The van der Waals surface area contributed by atoms with Crippen molar-refractivity contribution < 1.29 is 4.42 Å². The molecule has 0 aliphatic carbocycles. The van der Waals surface area contributed by atoms with Crippen molar-refractivity contribution in [3.05, 3.63) is 218 Å². The molecule has 2 aromatic heterocycles. The number of para-hydroxylation sites is 2. The normalized spacial score (nSPS) is 11.3. The van der Waals surface area contributed by atoms with E-state index in [1.54, 1.807) is 0 Å². The molecule has 5 heteroatoms. The summed E-state index contributed by atoms with van der Waals surface area (Å²) in [6, 6.07) is 75.9. The minimum atomic E-state index is 0.557. The lowest BCUT2D eigenvalue weighted by molar-refractivity contribution is 0.669. The molecule has 11 aromatic rings. The Morgan fingerprint density at radius 3 is 1.53 bits per heavy atom. The molecule has 0 spiro atoms. The maximum atomic E-state index is 6.74. The fourth-order valence-electron chi connectivity index (χ4n) is 8.17. The molecule has 60 heavy (non-hydrogen) atoms. The number of hydrogen-bond acceptors (Lipinski definition) is 5. The second-order valence-corrected chi connectivity index (χ2v) is 14.9. The SMILES string of the molecule is c1ccc(-c2cc(-c3ccccc3)cc(N(c3ccccc3)c3cc(-c4nc(-c5ccccc5)nc(-c5ccc6ccccc6c5)n4)c4c(c3)oc3ccccc34)c2)cc1. The van der Waals surface area contributed by atoms with Crippen LogP contribution in [0.25, 0.3) is 89.1 Å². The topological polar surface area (TPSA) is 55.1 Å². The molecule has 0 aliphatic heterocycles. The van der Waals surface area contributed by atoms with Gasteiger partial charge in [-0.2, -0.15) is 0 Å². The molecule has 0 N–H and O–H groups in total. The number of nitrogens with zero attached hydrogens (tertiary/aromatic N) is 4. The molecule has 11 rings (SSSR count). The summed E-state index contributed by atoms with van der Waals surface area (Å²) < 4.78 is 6.74. The molecule has 0 radical (unpaired) electrons. The van der Waals surface area contributed by atoms with Gasteiger partial charge in [-0.15, -0.1) is 0 Å². The van der Waals surface area contributed by atoms with Crippen molar-refractivity contribution in [3.8, 4) is 56.4 Å². The van der Waals surface area contributed by atoms with Gasteiger partial charge in [0.25, 0.3) is 0 Å². The van der Waals surface area contributed by atoms with Gasteiger partial charge in [-0.3, -0.25) is 0 Å². The van der Waals surface area contributed by atoms with Gasteiger partial charge < -0.3 is 9.32 Å². The molecule has 0 amide bonds. The third kappa shape index (κ3) is 6.54. The van der Waals surface area contributed by atoms with Crippen molar-refractivity contribution in [2.24, 2.45) is 0 Å². The minimum absolute atomic E-state index is 0.557. The first-order valence-corrected chi connectivity index (χ1v) is 20.1. The first-order valence-electron chi connectivity index (χ1n) is 20.1. The van der Waals surface area contributed by atoms with Crippen molar-refractivity contribution in [1.29, 1.82) is 0 Å². The van der Waals surface area contributed by atoms with Crippen LogP contribution in [-0.4, -0.2) is 15.0 Å². The molecule has 0 atom stereocenters. The van der Waals surface area contributed by atoms with Gasteiger partial charge in [-0.1, -0.05) is 164 Å². The molecule has 2 heterocycles. The minimum Gasteiger partial charge on any atom is -0.456 e. The van der Waals surface area contributed by atoms with Gasteiger partial charge in [-0.05, 0) is 81.6 Å². The molecule has 0 saturated heterocycles. The zero-order valence-corrected chi connectivity index (χ0v) is 32.5. The molecule has 5 nitrogen and oxygen atoms in total. The third-order valence-corrected chi connectivity index (χ3v) is 11.0. The highest BCUT2D eigenvalue weighted by atomic mass is 16.3. The van der Waals surface area contributed by atoms with Crippen molar-refractivity contribution >= 4 is 49.8 Å². The van der Waals surface area contributed by atoms with Gasteiger partial charge >= 0.3 is 0 Å². The quantitative estimate of drug-likeness (QED) is 0.154. The van der Waals surface area contributed by atoms with E-state index in [0.29, 0.717) is 17.5 Å². The zero-order chi connectivity index (χ0) is 39.8. The van der Waals surface area contributed by atoms with Gasteiger partial charge in [0.15, 0.2) is 17.5 Å². The molecule has 0 saturated carbocycles. The van der Waals surface area contributed by atoms with Crippen molar-refractivity contribution in [3.63, 3.8) is 0 Å².